The monoisotopic (exact) mass is 382 g/mol. The van der Waals surface area contributed by atoms with Gasteiger partial charge in [-0.05, 0) is 25.5 Å². The van der Waals surface area contributed by atoms with Crippen LogP contribution < -0.4 is 4.74 Å². The number of carbonyl (C=O) groups is 2. The molecule has 1 heterocycles. The highest BCUT2D eigenvalue weighted by Crippen LogP contribution is 2.31. The van der Waals surface area contributed by atoms with Gasteiger partial charge < -0.3 is 9.47 Å². The number of hydrogen-bond acceptors (Lipinski definition) is 6. The topological polar surface area (TPSA) is 78.4 Å². The minimum Gasteiger partial charge on any atom is -0.468 e. The molecule has 0 aliphatic rings. The summed E-state index contributed by atoms with van der Waals surface area (Å²) in [6.07, 6.45) is -5.33. The highest BCUT2D eigenvalue weighted by atomic mass is 19.4. The average molecular weight is 382 g/mol. The number of esters is 1. The molecule has 2 aromatic rings. The van der Waals surface area contributed by atoms with Gasteiger partial charge in [-0.3, -0.25) is 9.59 Å². The number of aromatic nitrogens is 2. The van der Waals surface area contributed by atoms with Crippen molar-refractivity contribution < 1.29 is 32.2 Å². The fraction of sp³-hybridized carbons (Fsp3) is 0.333. The summed E-state index contributed by atoms with van der Waals surface area (Å²) < 4.78 is 49.2. The van der Waals surface area contributed by atoms with Crippen LogP contribution >= 0.6 is 0 Å². The van der Waals surface area contributed by atoms with Gasteiger partial charge in [0.05, 0.1) is 13.2 Å². The van der Waals surface area contributed by atoms with E-state index in [4.69, 9.17) is 4.74 Å². The van der Waals surface area contributed by atoms with Crippen LogP contribution in [0.5, 0.6) is 6.01 Å². The highest BCUT2D eigenvalue weighted by Gasteiger charge is 2.37. The molecular formula is C18H17F3N2O4. The van der Waals surface area contributed by atoms with Crippen molar-refractivity contribution in [1.29, 1.82) is 0 Å². The molecule has 0 aliphatic heterocycles. The Bertz CT molecular complexity index is 823. The third kappa shape index (κ3) is 5.02. The van der Waals surface area contributed by atoms with Crippen molar-refractivity contribution in [3.63, 3.8) is 0 Å². The first kappa shape index (κ1) is 20.3. The summed E-state index contributed by atoms with van der Waals surface area (Å²) in [4.78, 5) is 32.0. The van der Waals surface area contributed by atoms with E-state index in [-0.39, 0.29) is 5.56 Å². The molecule has 0 N–H and O–H groups in total. The van der Waals surface area contributed by atoms with E-state index >= 15 is 0 Å². The number of alkyl halides is 3. The number of benzene rings is 1. The molecule has 1 aromatic carbocycles. The third-order valence-corrected chi connectivity index (χ3v) is 3.42. The van der Waals surface area contributed by atoms with Crippen molar-refractivity contribution in [1.82, 2.24) is 9.97 Å². The molecule has 0 amide bonds. The molecule has 0 saturated heterocycles. The van der Waals surface area contributed by atoms with E-state index in [0.29, 0.717) is 6.07 Å². The Hall–Kier alpha value is -2.97. The SMILES string of the molecule is COC(=O)C(C(=O)c1cc(C(F)(F)F)nc(OC(C)C)n1)c1ccccc1. The van der Waals surface area contributed by atoms with Crippen molar-refractivity contribution in [2.75, 3.05) is 7.11 Å². The standard InChI is InChI=1S/C18H17F3N2O4/c1-10(2)27-17-22-12(9-13(23-17)18(19,20)21)15(24)14(16(25)26-3)11-7-5-4-6-8-11/h4-10,14H,1-3H3. The van der Waals surface area contributed by atoms with Crippen molar-refractivity contribution in [2.45, 2.75) is 32.0 Å². The number of ketones is 1. The van der Waals surface area contributed by atoms with Crippen molar-refractivity contribution in [2.24, 2.45) is 0 Å². The van der Waals surface area contributed by atoms with Crippen LogP contribution in [0.4, 0.5) is 13.2 Å². The maximum Gasteiger partial charge on any atom is 0.433 e. The summed E-state index contributed by atoms with van der Waals surface area (Å²) in [6.45, 7) is 3.15. The first-order valence-electron chi connectivity index (χ1n) is 7.93. The molecule has 2 rings (SSSR count). The van der Waals surface area contributed by atoms with E-state index in [1.165, 1.54) is 12.1 Å². The number of methoxy groups -OCH3 is 1. The molecule has 144 valence electrons. The minimum absolute atomic E-state index is 0.271. The fourth-order valence-electron chi connectivity index (χ4n) is 2.27. The number of halogens is 3. The summed E-state index contributed by atoms with van der Waals surface area (Å²) in [5.74, 6) is -3.32. The van der Waals surface area contributed by atoms with E-state index in [0.717, 1.165) is 7.11 Å². The number of nitrogens with zero attached hydrogens (tertiary/aromatic N) is 2. The fourth-order valence-corrected chi connectivity index (χ4v) is 2.27. The minimum atomic E-state index is -4.82. The Labute approximate surface area is 153 Å². The lowest BCUT2D eigenvalue weighted by atomic mass is 9.92. The van der Waals surface area contributed by atoms with Gasteiger partial charge in [-0.15, -0.1) is 0 Å². The maximum atomic E-state index is 13.1. The molecule has 27 heavy (non-hydrogen) atoms. The second-order valence-corrected chi connectivity index (χ2v) is 5.82. The molecule has 0 aliphatic carbocycles. The summed E-state index contributed by atoms with van der Waals surface area (Å²) >= 11 is 0. The van der Waals surface area contributed by atoms with E-state index in [1.807, 2.05) is 0 Å². The number of hydrogen-bond donors (Lipinski definition) is 0. The van der Waals surface area contributed by atoms with Crippen molar-refractivity contribution >= 4 is 11.8 Å². The molecule has 1 unspecified atom stereocenters. The number of carbonyl (C=O) groups excluding carboxylic acids is 2. The predicted octanol–water partition coefficient (Wildman–Crippen LogP) is 3.42. The maximum absolute atomic E-state index is 13.1. The quantitative estimate of drug-likeness (QED) is 0.433. The molecule has 0 spiro atoms. The zero-order valence-electron chi connectivity index (χ0n) is 14.8. The Morgan fingerprint density at radius 3 is 2.22 bits per heavy atom. The van der Waals surface area contributed by atoms with Gasteiger partial charge >= 0.3 is 18.2 Å². The third-order valence-electron chi connectivity index (χ3n) is 3.42. The van der Waals surface area contributed by atoms with Crippen LogP contribution in [0.3, 0.4) is 0 Å². The van der Waals surface area contributed by atoms with Crippen molar-refractivity contribution in [3.8, 4) is 6.01 Å². The van der Waals surface area contributed by atoms with Crippen LogP contribution in [0.25, 0.3) is 0 Å². The average Bonchev–Trinajstić information content (AvgIpc) is 2.61. The molecule has 0 fully saturated rings. The van der Waals surface area contributed by atoms with Gasteiger partial charge in [-0.25, -0.2) is 0 Å². The lowest BCUT2D eigenvalue weighted by Crippen LogP contribution is -2.25. The Morgan fingerprint density at radius 1 is 1.07 bits per heavy atom. The molecule has 9 heteroatoms. The van der Waals surface area contributed by atoms with Crippen LogP contribution in [0, 0.1) is 0 Å². The number of Topliss-reactive ketones (excluding diaryl/α,β-unsaturated/α-hetero) is 1. The lowest BCUT2D eigenvalue weighted by molar-refractivity contribution is -0.142. The largest absolute Gasteiger partial charge is 0.468 e. The Kier molecular flexibility index (Phi) is 6.14. The van der Waals surface area contributed by atoms with Crippen LogP contribution in [0.2, 0.25) is 0 Å². The number of ether oxygens (including phenoxy) is 2. The molecule has 0 saturated carbocycles. The summed E-state index contributed by atoms with van der Waals surface area (Å²) in [6, 6.07) is 7.74. The van der Waals surface area contributed by atoms with Gasteiger partial charge in [0.15, 0.2) is 11.5 Å². The number of rotatable bonds is 6. The van der Waals surface area contributed by atoms with Crippen LogP contribution in [0.15, 0.2) is 36.4 Å². The van der Waals surface area contributed by atoms with Gasteiger partial charge in [0, 0.05) is 0 Å². The summed E-state index contributed by atoms with van der Waals surface area (Å²) in [7, 11) is 1.08. The van der Waals surface area contributed by atoms with E-state index in [2.05, 4.69) is 14.7 Å². The van der Waals surface area contributed by atoms with Crippen LogP contribution in [-0.4, -0.2) is 34.9 Å². The lowest BCUT2D eigenvalue weighted by Gasteiger charge is -2.16. The molecular weight excluding hydrogens is 365 g/mol. The first-order chi connectivity index (χ1) is 12.6. The van der Waals surface area contributed by atoms with E-state index < -0.39 is 47.3 Å². The second-order valence-electron chi connectivity index (χ2n) is 5.82. The van der Waals surface area contributed by atoms with Gasteiger partial charge in [-0.2, -0.15) is 23.1 Å². The van der Waals surface area contributed by atoms with Gasteiger partial charge in [0.2, 0.25) is 0 Å². The van der Waals surface area contributed by atoms with Crippen LogP contribution in [-0.2, 0) is 15.7 Å². The Balaban J connectivity index is 2.55. The zero-order valence-corrected chi connectivity index (χ0v) is 14.8. The zero-order chi connectivity index (χ0) is 20.2. The normalized spacial score (nSPS) is 12.6. The molecule has 0 bridgehead atoms. The first-order valence-corrected chi connectivity index (χ1v) is 7.93. The summed E-state index contributed by atoms with van der Waals surface area (Å²) in [5.41, 5.74) is -1.66. The summed E-state index contributed by atoms with van der Waals surface area (Å²) in [5, 5.41) is 0. The van der Waals surface area contributed by atoms with Gasteiger partial charge in [0.1, 0.15) is 11.6 Å². The molecule has 6 nitrogen and oxygen atoms in total. The molecule has 1 aromatic heterocycles. The van der Waals surface area contributed by atoms with E-state index in [1.54, 1.807) is 32.0 Å². The van der Waals surface area contributed by atoms with Gasteiger partial charge in [0.25, 0.3) is 0 Å². The second kappa shape index (κ2) is 8.15. The Morgan fingerprint density at radius 2 is 1.70 bits per heavy atom. The van der Waals surface area contributed by atoms with E-state index in [9.17, 15) is 22.8 Å². The van der Waals surface area contributed by atoms with Gasteiger partial charge in [-0.1, -0.05) is 30.3 Å². The molecule has 0 radical (unpaired) electrons. The smallest absolute Gasteiger partial charge is 0.433 e. The van der Waals surface area contributed by atoms with Crippen molar-refractivity contribution in [3.05, 3.63) is 53.3 Å². The highest BCUT2D eigenvalue weighted by molar-refractivity contribution is 6.12. The predicted molar refractivity (Wildman–Crippen MR) is 88.3 cm³/mol. The van der Waals surface area contributed by atoms with Crippen LogP contribution in [0.1, 0.15) is 41.5 Å². The molecule has 1 atom stereocenters.